The Morgan fingerprint density at radius 2 is 2.04 bits per heavy atom. The Morgan fingerprint density at radius 3 is 2.71 bits per heavy atom. The molecule has 1 fully saturated rings. The first-order chi connectivity index (χ1) is 11.6. The topological polar surface area (TPSA) is 84.1 Å². The van der Waals surface area contributed by atoms with Gasteiger partial charge in [0.15, 0.2) is 0 Å². The van der Waals surface area contributed by atoms with Crippen molar-refractivity contribution in [2.75, 3.05) is 0 Å². The summed E-state index contributed by atoms with van der Waals surface area (Å²) in [6.07, 6.45) is 6.78. The van der Waals surface area contributed by atoms with E-state index in [1.54, 1.807) is 12.3 Å². The van der Waals surface area contributed by atoms with Crippen LogP contribution in [0.25, 0.3) is 0 Å². The highest BCUT2D eigenvalue weighted by Crippen LogP contribution is 2.23. The number of carbonyl (C=O) groups is 1. The number of aromatic amines is 1. The third kappa shape index (κ3) is 4.01. The number of nitrogens with one attached hydrogen (secondary N) is 2. The summed E-state index contributed by atoms with van der Waals surface area (Å²) in [6, 6.07) is 7.11. The quantitative estimate of drug-likeness (QED) is 0.901. The van der Waals surface area contributed by atoms with Crippen molar-refractivity contribution in [3.63, 3.8) is 0 Å². The molecule has 0 radical (unpaired) electrons. The smallest absolute Gasteiger partial charge is 0.260 e. The van der Waals surface area contributed by atoms with Crippen LogP contribution >= 0.6 is 0 Å². The van der Waals surface area contributed by atoms with Crippen LogP contribution in [0.4, 0.5) is 0 Å². The van der Waals surface area contributed by atoms with Gasteiger partial charge in [0.25, 0.3) is 11.5 Å². The summed E-state index contributed by atoms with van der Waals surface area (Å²) < 4.78 is 5.89. The number of nitrogens with zero attached hydrogens (tertiary/aromatic N) is 1. The third-order valence-electron chi connectivity index (χ3n) is 4.24. The fourth-order valence-corrected chi connectivity index (χ4v) is 2.88. The van der Waals surface area contributed by atoms with Crippen molar-refractivity contribution in [1.82, 2.24) is 15.3 Å². The number of rotatable bonds is 4. The Kier molecular flexibility index (Phi) is 4.93. The maximum Gasteiger partial charge on any atom is 0.260 e. The molecular formula is C18H21N3O3. The molecule has 3 rings (SSSR count). The molecule has 1 aliphatic carbocycles. The van der Waals surface area contributed by atoms with Gasteiger partial charge in [-0.15, -0.1) is 0 Å². The molecule has 0 saturated heterocycles. The van der Waals surface area contributed by atoms with Crippen LogP contribution in [-0.4, -0.2) is 28.0 Å². The highest BCUT2D eigenvalue weighted by Gasteiger charge is 2.24. The summed E-state index contributed by atoms with van der Waals surface area (Å²) in [5.41, 5.74) is 0.891. The van der Waals surface area contributed by atoms with Gasteiger partial charge >= 0.3 is 0 Å². The lowest BCUT2D eigenvalue weighted by molar-refractivity contribution is 0.0888. The van der Waals surface area contributed by atoms with Crippen LogP contribution in [0.2, 0.25) is 0 Å². The predicted octanol–water partition coefficient (Wildman–Crippen LogP) is 2.20. The number of hydrogen-bond acceptors (Lipinski definition) is 4. The predicted molar refractivity (Wildman–Crippen MR) is 90.2 cm³/mol. The van der Waals surface area contributed by atoms with Crippen LogP contribution in [0.1, 0.15) is 41.6 Å². The molecule has 2 heterocycles. The molecule has 0 unspecified atom stereocenters. The average molecular weight is 327 g/mol. The Bertz CT molecular complexity index is 747. The van der Waals surface area contributed by atoms with Crippen molar-refractivity contribution < 1.29 is 9.53 Å². The monoisotopic (exact) mass is 327 g/mol. The Morgan fingerprint density at radius 1 is 1.25 bits per heavy atom. The van der Waals surface area contributed by atoms with Crippen molar-refractivity contribution in [3.05, 3.63) is 58.1 Å². The van der Waals surface area contributed by atoms with Gasteiger partial charge in [0.2, 0.25) is 5.88 Å². The molecule has 1 amide bonds. The molecule has 1 saturated carbocycles. The first kappa shape index (κ1) is 16.2. The van der Waals surface area contributed by atoms with Crippen molar-refractivity contribution in [3.8, 4) is 5.88 Å². The van der Waals surface area contributed by atoms with Crippen LogP contribution in [0, 0.1) is 6.92 Å². The molecule has 2 aromatic heterocycles. The van der Waals surface area contributed by atoms with E-state index >= 15 is 0 Å². The summed E-state index contributed by atoms with van der Waals surface area (Å²) in [7, 11) is 0. The fourth-order valence-electron chi connectivity index (χ4n) is 2.88. The highest BCUT2D eigenvalue weighted by molar-refractivity contribution is 5.93. The van der Waals surface area contributed by atoms with Gasteiger partial charge < -0.3 is 15.0 Å². The van der Waals surface area contributed by atoms with E-state index in [1.165, 1.54) is 12.3 Å². The normalized spacial score (nSPS) is 20.4. The largest absolute Gasteiger partial charge is 0.474 e. The van der Waals surface area contributed by atoms with Gasteiger partial charge in [-0.2, -0.15) is 0 Å². The lowest BCUT2D eigenvalue weighted by Crippen LogP contribution is -2.41. The summed E-state index contributed by atoms with van der Waals surface area (Å²) in [6.45, 7) is 1.99. The van der Waals surface area contributed by atoms with Crippen LogP contribution in [0.15, 0.2) is 41.5 Å². The summed E-state index contributed by atoms with van der Waals surface area (Å²) >= 11 is 0. The molecule has 6 heteroatoms. The maximum absolute atomic E-state index is 12.2. The third-order valence-corrected chi connectivity index (χ3v) is 4.24. The fraction of sp³-hybridized carbons (Fsp3) is 0.389. The van der Waals surface area contributed by atoms with Gasteiger partial charge in [-0.1, -0.05) is 6.07 Å². The van der Waals surface area contributed by atoms with Gasteiger partial charge in [-0.25, -0.2) is 4.98 Å². The zero-order valence-electron chi connectivity index (χ0n) is 13.6. The number of H-pyrrole nitrogens is 1. The Hall–Kier alpha value is -2.63. The van der Waals surface area contributed by atoms with E-state index < -0.39 is 0 Å². The Labute approximate surface area is 140 Å². The number of ether oxygens (including phenoxy) is 1. The zero-order valence-corrected chi connectivity index (χ0v) is 13.6. The number of hydrogen-bond donors (Lipinski definition) is 2. The molecule has 24 heavy (non-hydrogen) atoms. The highest BCUT2D eigenvalue weighted by atomic mass is 16.5. The van der Waals surface area contributed by atoms with Crippen LogP contribution in [0.5, 0.6) is 5.88 Å². The molecule has 0 atom stereocenters. The van der Waals surface area contributed by atoms with Gasteiger partial charge in [-0.3, -0.25) is 9.59 Å². The van der Waals surface area contributed by atoms with E-state index in [1.807, 2.05) is 19.1 Å². The first-order valence-electron chi connectivity index (χ1n) is 8.19. The molecule has 0 aliphatic heterocycles. The number of aryl methyl sites for hydroxylation is 1. The second-order valence-corrected chi connectivity index (χ2v) is 6.15. The average Bonchev–Trinajstić information content (AvgIpc) is 2.59. The minimum atomic E-state index is -0.363. The molecule has 0 bridgehead atoms. The second kappa shape index (κ2) is 7.29. The number of pyridine rings is 2. The number of carbonyl (C=O) groups excluding carboxylic acids is 1. The summed E-state index contributed by atoms with van der Waals surface area (Å²) in [5, 5.41) is 2.94. The van der Waals surface area contributed by atoms with Gasteiger partial charge in [-0.05, 0) is 50.3 Å². The lowest BCUT2D eigenvalue weighted by atomic mass is 9.92. The molecule has 0 aromatic carbocycles. The second-order valence-electron chi connectivity index (χ2n) is 6.15. The molecule has 2 N–H and O–H groups in total. The van der Waals surface area contributed by atoms with Crippen molar-refractivity contribution >= 4 is 5.91 Å². The van der Waals surface area contributed by atoms with Crippen LogP contribution < -0.4 is 15.6 Å². The standard InChI is InChI=1S/C18H21N3O3/c1-12-4-9-16(20-11-12)24-14-7-5-13(6-8-14)21-18(23)15-3-2-10-19-17(15)22/h2-4,9-11,13-14H,5-8H2,1H3,(H,19,22)(H,21,23). The summed E-state index contributed by atoms with van der Waals surface area (Å²) in [5.74, 6) is 0.324. The van der Waals surface area contributed by atoms with Crippen LogP contribution in [0.3, 0.4) is 0 Å². The molecule has 1 aliphatic rings. The SMILES string of the molecule is Cc1ccc(OC2CCC(NC(=O)c3ccc[nH]c3=O)CC2)nc1. The van der Waals surface area contributed by atoms with E-state index in [0.717, 1.165) is 31.2 Å². The van der Waals surface area contributed by atoms with Crippen LogP contribution in [-0.2, 0) is 0 Å². The van der Waals surface area contributed by atoms with E-state index in [4.69, 9.17) is 4.74 Å². The number of aromatic nitrogens is 2. The van der Waals surface area contributed by atoms with Crippen molar-refractivity contribution in [2.45, 2.75) is 44.8 Å². The van der Waals surface area contributed by atoms with Crippen molar-refractivity contribution in [1.29, 1.82) is 0 Å². The van der Waals surface area contributed by atoms with Gasteiger partial charge in [0.1, 0.15) is 11.7 Å². The zero-order chi connectivity index (χ0) is 16.9. The lowest BCUT2D eigenvalue weighted by Gasteiger charge is -2.29. The molecule has 2 aromatic rings. The number of amides is 1. The van der Waals surface area contributed by atoms with E-state index in [-0.39, 0.29) is 29.2 Å². The Balaban J connectivity index is 1.50. The molecule has 6 nitrogen and oxygen atoms in total. The van der Waals surface area contributed by atoms with Crippen molar-refractivity contribution in [2.24, 2.45) is 0 Å². The minimum Gasteiger partial charge on any atom is -0.474 e. The van der Waals surface area contributed by atoms with Gasteiger partial charge in [0.05, 0.1) is 0 Å². The molecule has 0 spiro atoms. The first-order valence-corrected chi connectivity index (χ1v) is 8.19. The molecule has 126 valence electrons. The van der Waals surface area contributed by atoms with E-state index in [0.29, 0.717) is 5.88 Å². The maximum atomic E-state index is 12.2. The van der Waals surface area contributed by atoms with Gasteiger partial charge in [0, 0.05) is 24.5 Å². The van der Waals surface area contributed by atoms with E-state index in [2.05, 4.69) is 15.3 Å². The summed E-state index contributed by atoms with van der Waals surface area (Å²) in [4.78, 5) is 30.6. The minimum absolute atomic E-state index is 0.0722. The molecular weight excluding hydrogens is 306 g/mol. The van der Waals surface area contributed by atoms with E-state index in [9.17, 15) is 9.59 Å².